The maximum Gasteiger partial charge on any atom is 0.180 e. The summed E-state index contributed by atoms with van der Waals surface area (Å²) in [5, 5.41) is 3.50. The zero-order valence-corrected chi connectivity index (χ0v) is 11.8. The van der Waals surface area contributed by atoms with Gasteiger partial charge in [0.1, 0.15) is 0 Å². The van der Waals surface area contributed by atoms with Gasteiger partial charge >= 0.3 is 0 Å². The normalized spacial score (nSPS) is 22.7. The molecule has 0 amide bonds. The minimum absolute atomic E-state index is 0.0392. The Morgan fingerprint density at radius 2 is 2.06 bits per heavy atom. The standard InChI is InChI=1S/C14H21NO2S/c1-3-7-11(4-2)15-13-10-18(16,17)14-9-6-5-8-12(13)14/h5-6,8-9,11,13,15H,3-4,7,10H2,1-2H3. The molecule has 1 heterocycles. The predicted molar refractivity (Wildman–Crippen MR) is 73.4 cm³/mol. The molecule has 1 aromatic rings. The van der Waals surface area contributed by atoms with Crippen LogP contribution in [0.2, 0.25) is 0 Å². The smallest absolute Gasteiger partial charge is 0.180 e. The molecule has 0 aromatic heterocycles. The molecule has 4 heteroatoms. The number of nitrogens with one attached hydrogen (secondary N) is 1. The molecule has 0 saturated carbocycles. The topological polar surface area (TPSA) is 46.2 Å². The summed E-state index contributed by atoms with van der Waals surface area (Å²) in [4.78, 5) is 0.508. The number of benzene rings is 1. The second-order valence-electron chi connectivity index (χ2n) is 4.93. The Morgan fingerprint density at radius 3 is 2.72 bits per heavy atom. The van der Waals surface area contributed by atoms with E-state index in [4.69, 9.17) is 0 Å². The van der Waals surface area contributed by atoms with Crippen molar-refractivity contribution in [2.75, 3.05) is 5.75 Å². The van der Waals surface area contributed by atoms with Crippen molar-refractivity contribution in [3.63, 3.8) is 0 Å². The number of fused-ring (bicyclic) bond motifs is 1. The predicted octanol–water partition coefficient (Wildman–Crippen LogP) is 2.68. The van der Waals surface area contributed by atoms with E-state index < -0.39 is 9.84 Å². The Kier molecular flexibility index (Phi) is 4.07. The van der Waals surface area contributed by atoms with E-state index in [0.29, 0.717) is 10.9 Å². The van der Waals surface area contributed by atoms with Crippen molar-refractivity contribution < 1.29 is 8.42 Å². The van der Waals surface area contributed by atoms with Crippen LogP contribution in [0.1, 0.15) is 44.7 Å². The quantitative estimate of drug-likeness (QED) is 0.892. The van der Waals surface area contributed by atoms with Crippen LogP contribution in [0, 0.1) is 0 Å². The van der Waals surface area contributed by atoms with Crippen LogP contribution in [-0.4, -0.2) is 20.2 Å². The molecule has 0 spiro atoms. The highest BCUT2D eigenvalue weighted by Crippen LogP contribution is 2.33. The second-order valence-corrected chi connectivity index (χ2v) is 6.93. The molecule has 2 unspecified atom stereocenters. The van der Waals surface area contributed by atoms with Crippen molar-refractivity contribution in [3.05, 3.63) is 29.8 Å². The maximum absolute atomic E-state index is 12.1. The fraction of sp³-hybridized carbons (Fsp3) is 0.571. The van der Waals surface area contributed by atoms with Crippen LogP contribution in [-0.2, 0) is 9.84 Å². The van der Waals surface area contributed by atoms with Crippen LogP contribution < -0.4 is 5.32 Å². The van der Waals surface area contributed by atoms with Crippen LogP contribution in [0.25, 0.3) is 0 Å². The second kappa shape index (κ2) is 5.41. The molecular weight excluding hydrogens is 246 g/mol. The van der Waals surface area contributed by atoms with Gasteiger partial charge in [-0.15, -0.1) is 0 Å². The van der Waals surface area contributed by atoms with E-state index in [1.54, 1.807) is 12.1 Å². The molecule has 100 valence electrons. The fourth-order valence-electron chi connectivity index (χ4n) is 2.63. The summed E-state index contributed by atoms with van der Waals surface area (Å²) in [7, 11) is -3.09. The van der Waals surface area contributed by atoms with Crippen LogP contribution in [0.15, 0.2) is 29.2 Å². The van der Waals surface area contributed by atoms with Crippen molar-refractivity contribution in [1.29, 1.82) is 0 Å². The molecule has 0 radical (unpaired) electrons. The van der Waals surface area contributed by atoms with Gasteiger partial charge in [-0.05, 0) is 24.5 Å². The van der Waals surface area contributed by atoms with Crippen molar-refractivity contribution in [2.24, 2.45) is 0 Å². The lowest BCUT2D eigenvalue weighted by Gasteiger charge is -2.21. The van der Waals surface area contributed by atoms with Crippen molar-refractivity contribution in [1.82, 2.24) is 5.32 Å². The molecule has 18 heavy (non-hydrogen) atoms. The van der Waals surface area contributed by atoms with E-state index in [1.807, 2.05) is 12.1 Å². The molecule has 1 aromatic carbocycles. The Hall–Kier alpha value is -0.870. The Morgan fingerprint density at radius 1 is 1.33 bits per heavy atom. The number of rotatable bonds is 5. The van der Waals surface area contributed by atoms with E-state index >= 15 is 0 Å². The van der Waals surface area contributed by atoms with Crippen LogP contribution >= 0.6 is 0 Å². The third-order valence-electron chi connectivity index (χ3n) is 3.58. The highest BCUT2D eigenvalue weighted by atomic mass is 32.2. The Labute approximate surface area is 110 Å². The maximum atomic E-state index is 12.1. The summed E-state index contributed by atoms with van der Waals surface area (Å²) in [5.41, 5.74) is 0.937. The first-order valence-electron chi connectivity index (χ1n) is 6.66. The minimum atomic E-state index is -3.09. The Bertz CT molecular complexity index is 510. The average molecular weight is 267 g/mol. The van der Waals surface area contributed by atoms with E-state index in [1.165, 1.54) is 0 Å². The summed E-state index contributed by atoms with van der Waals surface area (Å²) < 4.78 is 24.1. The van der Waals surface area contributed by atoms with Crippen LogP contribution in [0.4, 0.5) is 0 Å². The van der Waals surface area contributed by atoms with Gasteiger partial charge in [-0.3, -0.25) is 0 Å². The van der Waals surface area contributed by atoms with E-state index in [0.717, 1.165) is 24.8 Å². The first kappa shape index (κ1) is 13.6. The zero-order valence-electron chi connectivity index (χ0n) is 11.0. The van der Waals surface area contributed by atoms with E-state index in [9.17, 15) is 8.42 Å². The first-order valence-corrected chi connectivity index (χ1v) is 8.31. The van der Waals surface area contributed by atoms with Crippen molar-refractivity contribution in [3.8, 4) is 0 Å². The molecule has 0 aliphatic carbocycles. The third kappa shape index (κ3) is 2.59. The zero-order chi connectivity index (χ0) is 13.2. The molecule has 0 bridgehead atoms. The molecule has 1 N–H and O–H groups in total. The van der Waals surface area contributed by atoms with Gasteiger partial charge in [-0.2, -0.15) is 0 Å². The number of sulfone groups is 1. The highest BCUT2D eigenvalue weighted by molar-refractivity contribution is 7.91. The number of hydrogen-bond donors (Lipinski definition) is 1. The lowest BCUT2D eigenvalue weighted by Crippen LogP contribution is -2.33. The molecule has 0 fully saturated rings. The summed E-state index contributed by atoms with van der Waals surface area (Å²) in [6.45, 7) is 4.30. The molecule has 2 atom stereocenters. The first-order chi connectivity index (χ1) is 8.58. The molecule has 3 nitrogen and oxygen atoms in total. The van der Waals surface area contributed by atoms with Gasteiger partial charge < -0.3 is 5.32 Å². The highest BCUT2D eigenvalue weighted by Gasteiger charge is 2.34. The van der Waals surface area contributed by atoms with Crippen molar-refractivity contribution >= 4 is 9.84 Å². The van der Waals surface area contributed by atoms with Crippen molar-refractivity contribution in [2.45, 2.75) is 50.1 Å². The minimum Gasteiger partial charge on any atom is -0.306 e. The lowest BCUT2D eigenvalue weighted by atomic mass is 10.0. The fourth-order valence-corrected chi connectivity index (χ4v) is 4.38. The van der Waals surface area contributed by atoms with Gasteiger partial charge in [-0.25, -0.2) is 8.42 Å². The molecule has 0 saturated heterocycles. The summed E-state index contributed by atoms with van der Waals surface area (Å²) >= 11 is 0. The molecule has 2 rings (SSSR count). The number of hydrogen-bond acceptors (Lipinski definition) is 3. The lowest BCUT2D eigenvalue weighted by molar-refractivity contribution is 0.419. The van der Waals surface area contributed by atoms with Crippen LogP contribution in [0.3, 0.4) is 0 Å². The van der Waals surface area contributed by atoms with Gasteiger partial charge in [0.15, 0.2) is 9.84 Å². The van der Waals surface area contributed by atoms with E-state index in [2.05, 4.69) is 19.2 Å². The van der Waals surface area contributed by atoms with Gasteiger partial charge in [-0.1, -0.05) is 38.5 Å². The summed E-state index contributed by atoms with van der Waals surface area (Å²) in [6.07, 6.45) is 3.24. The van der Waals surface area contributed by atoms with Gasteiger partial charge in [0.05, 0.1) is 10.6 Å². The molecule has 1 aliphatic heterocycles. The SMILES string of the molecule is CCCC(CC)NC1CS(=O)(=O)c2ccccc21. The van der Waals surface area contributed by atoms with Crippen LogP contribution in [0.5, 0.6) is 0 Å². The summed E-state index contributed by atoms with van der Waals surface area (Å²) in [5.74, 6) is 0.201. The average Bonchev–Trinajstić information content (AvgIpc) is 2.61. The Balaban J connectivity index is 2.22. The largest absolute Gasteiger partial charge is 0.306 e. The monoisotopic (exact) mass is 267 g/mol. The molecular formula is C14H21NO2S. The van der Waals surface area contributed by atoms with Gasteiger partial charge in [0.25, 0.3) is 0 Å². The van der Waals surface area contributed by atoms with Gasteiger partial charge in [0, 0.05) is 12.1 Å². The molecule has 1 aliphatic rings. The van der Waals surface area contributed by atoms with Gasteiger partial charge in [0.2, 0.25) is 0 Å². The van der Waals surface area contributed by atoms with E-state index in [-0.39, 0.29) is 11.8 Å². The third-order valence-corrected chi connectivity index (χ3v) is 5.40. The summed E-state index contributed by atoms with van der Waals surface area (Å²) in [6, 6.07) is 7.71.